The molecule has 1 aromatic carbocycles. The molecule has 0 bridgehead atoms. The van der Waals surface area contributed by atoms with Crippen LogP contribution >= 0.6 is 0 Å². The van der Waals surface area contributed by atoms with Crippen LogP contribution in [0.3, 0.4) is 0 Å². The van der Waals surface area contributed by atoms with Gasteiger partial charge in [-0.05, 0) is 31.5 Å². The van der Waals surface area contributed by atoms with Gasteiger partial charge in [-0.1, -0.05) is 6.07 Å². The van der Waals surface area contributed by atoms with Crippen LogP contribution in [0.5, 0.6) is 0 Å². The van der Waals surface area contributed by atoms with Gasteiger partial charge in [0.25, 0.3) is 5.91 Å². The molecule has 4 heterocycles. The fraction of sp³-hybridized carbons (Fsp3) is 0.381. The Morgan fingerprint density at radius 1 is 1.23 bits per heavy atom. The summed E-state index contributed by atoms with van der Waals surface area (Å²) in [5, 5.41) is 12.9. The molecule has 2 aliphatic rings. The second kappa shape index (κ2) is 7.08. The maximum absolute atomic E-state index is 13.2. The first-order chi connectivity index (χ1) is 14.5. The van der Waals surface area contributed by atoms with Gasteiger partial charge < -0.3 is 14.4 Å². The predicted molar refractivity (Wildman–Crippen MR) is 110 cm³/mol. The Labute approximate surface area is 173 Å². The fourth-order valence-electron chi connectivity index (χ4n) is 4.33. The number of hydrogen-bond acceptors (Lipinski definition) is 5. The van der Waals surface area contributed by atoms with E-state index in [1.807, 2.05) is 31.4 Å². The predicted octanol–water partition coefficient (Wildman–Crippen LogP) is 2.02. The van der Waals surface area contributed by atoms with E-state index in [0.29, 0.717) is 31.6 Å². The highest BCUT2D eigenvalue weighted by molar-refractivity contribution is 5.99. The number of hydrogen-bond donors (Lipinski definition) is 0. The van der Waals surface area contributed by atoms with Crippen molar-refractivity contribution in [2.45, 2.75) is 32.4 Å². The van der Waals surface area contributed by atoms with Crippen molar-refractivity contribution in [2.24, 2.45) is 7.05 Å². The number of aromatic nitrogens is 5. The molecule has 0 N–H and O–H groups in total. The fourth-order valence-corrected chi connectivity index (χ4v) is 4.33. The van der Waals surface area contributed by atoms with E-state index in [-0.39, 0.29) is 17.9 Å². The van der Waals surface area contributed by atoms with E-state index in [4.69, 9.17) is 0 Å². The summed E-state index contributed by atoms with van der Waals surface area (Å²) in [6, 6.07) is 7.38. The van der Waals surface area contributed by atoms with Gasteiger partial charge in [-0.2, -0.15) is 5.10 Å². The standard InChI is InChI=1S/C21H23N7O2/c1-14-11-26(13-18-23-24-20(28(14)18)16-10-22-25(2)12-16)21(30)15-5-3-6-17(9-15)27-8-4-7-19(27)29/h3,5-6,9-10,12,14H,4,7-8,11,13H2,1-2H3/t14-/m0/s1. The van der Waals surface area contributed by atoms with E-state index >= 15 is 0 Å². The Morgan fingerprint density at radius 3 is 2.83 bits per heavy atom. The molecule has 0 radical (unpaired) electrons. The van der Waals surface area contributed by atoms with Gasteiger partial charge in [0.1, 0.15) is 0 Å². The van der Waals surface area contributed by atoms with Crippen molar-refractivity contribution in [1.82, 2.24) is 29.4 Å². The van der Waals surface area contributed by atoms with Gasteiger partial charge in [-0.25, -0.2) is 0 Å². The second-order valence-corrected chi connectivity index (χ2v) is 7.95. The van der Waals surface area contributed by atoms with Crippen molar-refractivity contribution in [3.63, 3.8) is 0 Å². The van der Waals surface area contributed by atoms with Gasteiger partial charge in [-0.3, -0.25) is 14.3 Å². The van der Waals surface area contributed by atoms with Crippen molar-refractivity contribution in [2.75, 3.05) is 18.0 Å². The summed E-state index contributed by atoms with van der Waals surface area (Å²) in [4.78, 5) is 28.9. The summed E-state index contributed by atoms with van der Waals surface area (Å²) in [5.74, 6) is 1.58. The highest BCUT2D eigenvalue weighted by Crippen LogP contribution is 2.29. The largest absolute Gasteiger partial charge is 0.329 e. The number of amides is 2. The van der Waals surface area contributed by atoms with Crippen LogP contribution in [0.2, 0.25) is 0 Å². The maximum Gasteiger partial charge on any atom is 0.254 e. The molecule has 154 valence electrons. The molecule has 30 heavy (non-hydrogen) atoms. The van der Waals surface area contributed by atoms with Crippen molar-refractivity contribution in [3.05, 3.63) is 48.0 Å². The third kappa shape index (κ3) is 3.06. The maximum atomic E-state index is 13.2. The zero-order valence-electron chi connectivity index (χ0n) is 17.0. The number of carbonyl (C=O) groups excluding carboxylic acids is 2. The number of anilines is 1. The minimum atomic E-state index is -0.0625. The molecular formula is C21H23N7O2. The van der Waals surface area contributed by atoms with Crippen LogP contribution in [0.1, 0.15) is 42.0 Å². The third-order valence-electron chi connectivity index (χ3n) is 5.75. The van der Waals surface area contributed by atoms with E-state index in [9.17, 15) is 9.59 Å². The zero-order chi connectivity index (χ0) is 20.8. The topological polar surface area (TPSA) is 89.2 Å². The molecule has 2 aliphatic heterocycles. The number of rotatable bonds is 3. The molecule has 1 fully saturated rings. The van der Waals surface area contributed by atoms with E-state index in [1.54, 1.807) is 26.7 Å². The smallest absolute Gasteiger partial charge is 0.254 e. The van der Waals surface area contributed by atoms with E-state index in [1.165, 1.54) is 0 Å². The van der Waals surface area contributed by atoms with Gasteiger partial charge in [0.15, 0.2) is 11.6 Å². The molecule has 0 unspecified atom stereocenters. The number of aryl methyl sites for hydroxylation is 1. The lowest BCUT2D eigenvalue weighted by Crippen LogP contribution is -2.40. The van der Waals surface area contributed by atoms with Crippen molar-refractivity contribution >= 4 is 17.5 Å². The second-order valence-electron chi connectivity index (χ2n) is 7.95. The van der Waals surface area contributed by atoms with Gasteiger partial charge >= 0.3 is 0 Å². The molecule has 3 aromatic rings. The minimum absolute atomic E-state index is 0.0336. The van der Waals surface area contributed by atoms with Gasteiger partial charge in [0, 0.05) is 44.0 Å². The molecule has 9 heteroatoms. The number of nitrogens with zero attached hydrogens (tertiary/aromatic N) is 7. The lowest BCUT2D eigenvalue weighted by atomic mass is 10.1. The Bertz CT molecular complexity index is 1130. The third-order valence-corrected chi connectivity index (χ3v) is 5.75. The van der Waals surface area contributed by atoms with Gasteiger partial charge in [0.2, 0.25) is 5.91 Å². The molecule has 2 aromatic heterocycles. The quantitative estimate of drug-likeness (QED) is 0.665. The molecule has 1 atom stereocenters. The Balaban J connectivity index is 1.40. The van der Waals surface area contributed by atoms with Gasteiger partial charge in [0.05, 0.1) is 24.3 Å². The average Bonchev–Trinajstić information content (AvgIpc) is 3.47. The molecule has 2 amide bonds. The Kier molecular flexibility index (Phi) is 4.38. The average molecular weight is 405 g/mol. The first-order valence-corrected chi connectivity index (χ1v) is 10.1. The van der Waals surface area contributed by atoms with E-state index < -0.39 is 0 Å². The summed E-state index contributed by atoms with van der Waals surface area (Å²) in [7, 11) is 1.87. The first kappa shape index (κ1) is 18.5. The van der Waals surface area contributed by atoms with Crippen LogP contribution in [0.4, 0.5) is 5.69 Å². The van der Waals surface area contributed by atoms with Crippen LogP contribution in [-0.4, -0.2) is 54.3 Å². The molecule has 5 rings (SSSR count). The SMILES string of the molecule is C[C@H]1CN(C(=O)c2cccc(N3CCCC3=O)c2)Cc2nnc(-c3cnn(C)c3)n21. The first-order valence-electron chi connectivity index (χ1n) is 10.1. The Morgan fingerprint density at radius 2 is 2.10 bits per heavy atom. The lowest BCUT2D eigenvalue weighted by Gasteiger charge is -2.32. The minimum Gasteiger partial charge on any atom is -0.329 e. The van der Waals surface area contributed by atoms with Crippen molar-refractivity contribution in [1.29, 1.82) is 0 Å². The summed E-state index contributed by atoms with van der Waals surface area (Å²) in [6.45, 7) is 3.72. The van der Waals surface area contributed by atoms with Crippen LogP contribution in [-0.2, 0) is 18.4 Å². The molecule has 0 saturated carbocycles. The summed E-state index contributed by atoms with van der Waals surface area (Å²) >= 11 is 0. The Hall–Kier alpha value is -3.49. The van der Waals surface area contributed by atoms with Crippen LogP contribution in [0.15, 0.2) is 36.7 Å². The molecular weight excluding hydrogens is 382 g/mol. The number of carbonyl (C=O) groups is 2. The van der Waals surface area contributed by atoms with Crippen molar-refractivity contribution < 1.29 is 9.59 Å². The molecule has 1 saturated heterocycles. The number of benzene rings is 1. The lowest BCUT2D eigenvalue weighted by molar-refractivity contribution is -0.117. The van der Waals surface area contributed by atoms with E-state index in [0.717, 1.165) is 29.3 Å². The monoisotopic (exact) mass is 405 g/mol. The van der Waals surface area contributed by atoms with Crippen LogP contribution in [0.25, 0.3) is 11.4 Å². The van der Waals surface area contributed by atoms with E-state index in [2.05, 4.69) is 26.8 Å². The highest BCUT2D eigenvalue weighted by atomic mass is 16.2. The van der Waals surface area contributed by atoms with Crippen molar-refractivity contribution in [3.8, 4) is 11.4 Å². The summed E-state index contributed by atoms with van der Waals surface area (Å²) in [6.07, 6.45) is 5.10. The normalized spacial score (nSPS) is 18.7. The van der Waals surface area contributed by atoms with Crippen LogP contribution < -0.4 is 4.90 Å². The molecule has 0 aliphatic carbocycles. The highest BCUT2D eigenvalue weighted by Gasteiger charge is 2.31. The molecule has 0 spiro atoms. The van der Waals surface area contributed by atoms with Crippen LogP contribution in [0, 0.1) is 0 Å². The zero-order valence-corrected chi connectivity index (χ0v) is 17.0. The summed E-state index contributed by atoms with van der Waals surface area (Å²) in [5.41, 5.74) is 2.28. The van der Waals surface area contributed by atoms with Gasteiger partial charge in [-0.15, -0.1) is 10.2 Å². The number of fused-ring (bicyclic) bond motifs is 1. The molecule has 9 nitrogen and oxygen atoms in total. The summed E-state index contributed by atoms with van der Waals surface area (Å²) < 4.78 is 3.82.